The van der Waals surface area contributed by atoms with Crippen molar-refractivity contribution >= 4 is 44.2 Å². The molecule has 94 valence electrons. The number of anilines is 1. The van der Waals surface area contributed by atoms with Crippen LogP contribution in [0.3, 0.4) is 0 Å². The van der Waals surface area contributed by atoms with Gasteiger partial charge in [-0.3, -0.25) is 5.32 Å². The highest BCUT2D eigenvalue weighted by molar-refractivity contribution is 9.10. The highest BCUT2D eigenvalue weighted by atomic mass is 79.9. The lowest BCUT2D eigenvalue weighted by molar-refractivity contribution is 1.15. The number of nitrogens with zero attached hydrogens (tertiary/aromatic N) is 2. The average molecular weight is 325 g/mol. The Morgan fingerprint density at radius 2 is 2.33 bits per heavy atom. The van der Waals surface area contributed by atoms with Gasteiger partial charge < -0.3 is 5.32 Å². The third-order valence-electron chi connectivity index (χ3n) is 2.49. The van der Waals surface area contributed by atoms with Crippen LogP contribution in [0.5, 0.6) is 0 Å². The molecule has 1 saturated carbocycles. The van der Waals surface area contributed by atoms with Crippen molar-refractivity contribution < 1.29 is 0 Å². The van der Waals surface area contributed by atoms with Crippen LogP contribution in [0.2, 0.25) is 0 Å². The van der Waals surface area contributed by atoms with E-state index in [4.69, 9.17) is 5.26 Å². The molecule has 0 spiro atoms. The van der Waals surface area contributed by atoms with Crippen molar-refractivity contribution in [2.24, 2.45) is 4.99 Å². The summed E-state index contributed by atoms with van der Waals surface area (Å²) in [7, 11) is 0. The molecule has 1 aliphatic rings. The van der Waals surface area contributed by atoms with Gasteiger partial charge in [0, 0.05) is 10.5 Å². The van der Waals surface area contributed by atoms with Crippen LogP contribution >= 0.6 is 27.7 Å². The Morgan fingerprint density at radius 1 is 1.56 bits per heavy atom. The summed E-state index contributed by atoms with van der Waals surface area (Å²) >= 11 is 4.91. The summed E-state index contributed by atoms with van der Waals surface area (Å²) in [5.74, 6) is 0. The van der Waals surface area contributed by atoms with Gasteiger partial charge in [0.25, 0.3) is 0 Å². The van der Waals surface area contributed by atoms with E-state index in [9.17, 15) is 0 Å². The lowest BCUT2D eigenvalue weighted by Gasteiger charge is -2.10. The zero-order valence-electron chi connectivity index (χ0n) is 9.90. The van der Waals surface area contributed by atoms with Crippen LogP contribution in [-0.2, 0) is 0 Å². The van der Waals surface area contributed by atoms with Crippen molar-refractivity contribution in [3.05, 3.63) is 22.7 Å². The van der Waals surface area contributed by atoms with E-state index in [0.29, 0.717) is 11.2 Å². The second-order valence-corrected chi connectivity index (χ2v) is 5.56. The molecule has 0 heterocycles. The molecule has 1 aliphatic carbocycles. The lowest BCUT2D eigenvalue weighted by atomic mass is 10.2. The Hall–Kier alpha value is -1.19. The lowest BCUT2D eigenvalue weighted by Crippen LogP contribution is -2.12. The number of halogens is 1. The third-order valence-corrected chi connectivity index (χ3v) is 3.71. The molecule has 0 aliphatic heterocycles. The maximum atomic E-state index is 8.66. The summed E-state index contributed by atoms with van der Waals surface area (Å²) in [4.78, 5) is 4.48. The van der Waals surface area contributed by atoms with Crippen LogP contribution in [-0.4, -0.2) is 17.5 Å². The Kier molecular flexibility index (Phi) is 4.50. The van der Waals surface area contributed by atoms with Crippen LogP contribution in [0, 0.1) is 11.5 Å². The van der Waals surface area contributed by atoms with Crippen molar-refractivity contribution in [3.63, 3.8) is 0 Å². The van der Waals surface area contributed by atoms with Crippen LogP contribution in [0.25, 0.3) is 0 Å². The van der Waals surface area contributed by atoms with Crippen molar-refractivity contribution in [1.82, 2.24) is 5.32 Å². The fourth-order valence-corrected chi connectivity index (χ4v) is 2.25. The summed E-state index contributed by atoms with van der Waals surface area (Å²) in [6.07, 6.45) is 6.20. The summed E-state index contributed by atoms with van der Waals surface area (Å²) in [6.45, 7) is 0. The molecular weight excluding hydrogens is 312 g/mol. The molecule has 1 fully saturated rings. The third kappa shape index (κ3) is 3.40. The highest BCUT2D eigenvalue weighted by Crippen LogP contribution is 2.37. The molecule has 2 N–H and O–H groups in total. The van der Waals surface area contributed by atoms with Gasteiger partial charge >= 0.3 is 0 Å². The van der Waals surface area contributed by atoms with E-state index in [1.807, 2.05) is 30.6 Å². The number of para-hydroxylation sites is 1. The standard InChI is InChI=1S/C12H13BrN4S/c1-18-12(15-7-14)17-11-9(13)3-2-4-10(11)16-8-5-6-8/h2-4,8,16H,5-6H2,1H3,(H,15,17). The Morgan fingerprint density at radius 3 is 2.94 bits per heavy atom. The van der Waals surface area contributed by atoms with E-state index >= 15 is 0 Å². The Balaban J connectivity index is 2.31. The molecule has 0 atom stereocenters. The van der Waals surface area contributed by atoms with Crippen molar-refractivity contribution in [2.45, 2.75) is 18.9 Å². The first-order valence-corrected chi connectivity index (χ1v) is 7.59. The minimum atomic E-state index is 0.565. The van der Waals surface area contributed by atoms with Crippen LogP contribution in [0.4, 0.5) is 11.4 Å². The fourth-order valence-electron chi connectivity index (χ4n) is 1.47. The largest absolute Gasteiger partial charge is 0.381 e. The number of amidine groups is 1. The molecule has 2 rings (SSSR count). The fraction of sp³-hybridized carbons (Fsp3) is 0.333. The number of hydrogen-bond donors (Lipinski definition) is 2. The van der Waals surface area contributed by atoms with E-state index in [-0.39, 0.29) is 0 Å². The van der Waals surface area contributed by atoms with Gasteiger partial charge in [-0.05, 0) is 47.2 Å². The Labute approximate surface area is 119 Å². The molecule has 0 bridgehead atoms. The summed E-state index contributed by atoms with van der Waals surface area (Å²) in [6, 6.07) is 6.49. The predicted molar refractivity (Wildman–Crippen MR) is 80.1 cm³/mol. The van der Waals surface area contributed by atoms with E-state index < -0.39 is 0 Å². The molecule has 0 saturated heterocycles. The topological polar surface area (TPSA) is 60.2 Å². The van der Waals surface area contributed by atoms with Crippen LogP contribution in [0.1, 0.15) is 12.8 Å². The molecule has 0 aromatic heterocycles. The maximum Gasteiger partial charge on any atom is 0.183 e. The monoisotopic (exact) mass is 324 g/mol. The molecule has 18 heavy (non-hydrogen) atoms. The average Bonchev–Trinajstić information content (AvgIpc) is 3.16. The van der Waals surface area contributed by atoms with Crippen molar-refractivity contribution in [3.8, 4) is 6.19 Å². The molecule has 4 nitrogen and oxygen atoms in total. The summed E-state index contributed by atoms with van der Waals surface area (Å²) in [5.41, 5.74) is 1.83. The predicted octanol–water partition coefficient (Wildman–Crippen LogP) is 3.44. The minimum Gasteiger partial charge on any atom is -0.381 e. The van der Waals surface area contributed by atoms with Crippen molar-refractivity contribution in [1.29, 1.82) is 5.26 Å². The smallest absolute Gasteiger partial charge is 0.183 e. The number of benzene rings is 1. The van der Waals surface area contributed by atoms with E-state index in [2.05, 4.69) is 31.6 Å². The van der Waals surface area contributed by atoms with Crippen LogP contribution < -0.4 is 10.6 Å². The molecule has 1 aromatic carbocycles. The van der Waals surface area contributed by atoms with Gasteiger partial charge in [-0.15, -0.1) is 0 Å². The van der Waals surface area contributed by atoms with Gasteiger partial charge in [-0.2, -0.15) is 5.26 Å². The molecule has 6 heteroatoms. The minimum absolute atomic E-state index is 0.565. The van der Waals surface area contributed by atoms with Crippen LogP contribution in [0.15, 0.2) is 27.7 Å². The first-order chi connectivity index (χ1) is 8.74. The van der Waals surface area contributed by atoms with E-state index in [0.717, 1.165) is 15.8 Å². The maximum absolute atomic E-state index is 8.66. The van der Waals surface area contributed by atoms with Gasteiger partial charge in [0.2, 0.25) is 0 Å². The molecule has 0 amide bonds. The zero-order valence-corrected chi connectivity index (χ0v) is 12.3. The Bertz CT molecular complexity index is 505. The number of nitrogens with one attached hydrogen (secondary N) is 2. The highest BCUT2D eigenvalue weighted by Gasteiger charge is 2.22. The number of rotatable bonds is 3. The van der Waals surface area contributed by atoms with Gasteiger partial charge in [-0.25, -0.2) is 4.99 Å². The van der Waals surface area contributed by atoms with E-state index in [1.165, 1.54) is 24.6 Å². The SMILES string of the molecule is CSC(=Nc1c(Br)cccc1NC1CC1)NC#N. The zero-order chi connectivity index (χ0) is 13.0. The number of hydrogen-bond acceptors (Lipinski definition) is 4. The van der Waals surface area contributed by atoms with Gasteiger partial charge in [0.15, 0.2) is 11.4 Å². The van der Waals surface area contributed by atoms with Gasteiger partial charge in [0.1, 0.15) is 5.69 Å². The summed E-state index contributed by atoms with van der Waals surface area (Å²) < 4.78 is 0.916. The molecule has 1 aromatic rings. The van der Waals surface area contributed by atoms with Crippen molar-refractivity contribution in [2.75, 3.05) is 11.6 Å². The summed E-state index contributed by atoms with van der Waals surface area (Å²) in [5, 5.41) is 15.3. The molecule has 0 radical (unpaired) electrons. The molecule has 0 unspecified atom stereocenters. The second kappa shape index (κ2) is 6.12. The van der Waals surface area contributed by atoms with E-state index in [1.54, 1.807) is 0 Å². The normalized spacial score (nSPS) is 15.1. The van der Waals surface area contributed by atoms with Gasteiger partial charge in [0.05, 0.1) is 5.69 Å². The number of thioether (sulfide) groups is 1. The first kappa shape index (κ1) is 13.2. The number of nitriles is 1. The quantitative estimate of drug-likeness (QED) is 0.387. The second-order valence-electron chi connectivity index (χ2n) is 3.91. The number of aliphatic imine (C=N–C) groups is 1. The van der Waals surface area contributed by atoms with Gasteiger partial charge in [-0.1, -0.05) is 17.8 Å². The first-order valence-electron chi connectivity index (χ1n) is 5.57. The molecular formula is C12H13BrN4S.